The van der Waals surface area contributed by atoms with Crippen LogP contribution in [0.15, 0.2) is 57.9 Å². The second kappa shape index (κ2) is 8.25. The largest absolute Gasteiger partial charge is 0.494 e. The van der Waals surface area contributed by atoms with Crippen LogP contribution >= 0.6 is 27.7 Å². The van der Waals surface area contributed by atoms with E-state index in [1.54, 1.807) is 11.8 Å². The smallest absolute Gasteiger partial charge is 0.173 e. The van der Waals surface area contributed by atoms with Crippen LogP contribution in [0.2, 0.25) is 0 Å². The van der Waals surface area contributed by atoms with Gasteiger partial charge in [-0.15, -0.1) is 11.8 Å². The van der Waals surface area contributed by atoms with Gasteiger partial charge in [0.05, 0.1) is 12.4 Å². The number of rotatable bonds is 7. The molecule has 0 amide bonds. The number of carbonyl (C=O) groups excluding carboxylic acids is 1. The Morgan fingerprint density at radius 3 is 2.62 bits per heavy atom. The van der Waals surface area contributed by atoms with Crippen LogP contribution < -0.4 is 4.74 Å². The van der Waals surface area contributed by atoms with Gasteiger partial charge in [-0.1, -0.05) is 28.9 Å². The number of hydrogen-bond donors (Lipinski definition) is 0. The summed E-state index contributed by atoms with van der Waals surface area (Å²) in [6.45, 7) is 2.77. The molecule has 0 atom stereocenters. The lowest BCUT2D eigenvalue weighted by Gasteiger charge is -2.06. The van der Waals surface area contributed by atoms with E-state index in [0.717, 1.165) is 27.1 Å². The van der Waals surface area contributed by atoms with Crippen molar-refractivity contribution in [2.75, 3.05) is 12.4 Å². The number of hydrogen-bond acceptors (Lipinski definition) is 3. The summed E-state index contributed by atoms with van der Waals surface area (Å²) in [6, 6.07) is 15.3. The van der Waals surface area contributed by atoms with E-state index < -0.39 is 0 Å². The molecule has 2 rings (SSSR count). The van der Waals surface area contributed by atoms with Crippen LogP contribution in [0.4, 0.5) is 0 Å². The van der Waals surface area contributed by atoms with Gasteiger partial charge in [0.15, 0.2) is 5.78 Å². The highest BCUT2D eigenvalue weighted by molar-refractivity contribution is 9.10. The van der Waals surface area contributed by atoms with Crippen LogP contribution in [-0.2, 0) is 0 Å². The maximum Gasteiger partial charge on any atom is 0.173 e. The van der Waals surface area contributed by atoms with E-state index in [2.05, 4.69) is 22.9 Å². The third-order valence-corrected chi connectivity index (χ3v) is 4.30. The average Bonchev–Trinajstić information content (AvgIpc) is 2.51. The molecule has 0 fully saturated rings. The van der Waals surface area contributed by atoms with Crippen molar-refractivity contribution in [3.63, 3.8) is 0 Å². The molecule has 0 spiro atoms. The van der Waals surface area contributed by atoms with Gasteiger partial charge in [-0.3, -0.25) is 4.79 Å². The molecule has 110 valence electrons. The summed E-state index contributed by atoms with van der Waals surface area (Å²) in [7, 11) is 0. The zero-order valence-corrected chi connectivity index (χ0v) is 14.2. The molecule has 0 radical (unpaired) electrons. The number of Topliss-reactive ketones (excluding diaryl/α,β-unsaturated/α-hetero) is 1. The lowest BCUT2D eigenvalue weighted by atomic mass is 10.1. The van der Waals surface area contributed by atoms with E-state index in [1.807, 2.05) is 48.5 Å². The van der Waals surface area contributed by atoms with Gasteiger partial charge in [0.2, 0.25) is 0 Å². The highest BCUT2D eigenvalue weighted by atomic mass is 79.9. The Morgan fingerprint density at radius 2 is 1.95 bits per heavy atom. The van der Waals surface area contributed by atoms with Crippen molar-refractivity contribution in [2.24, 2.45) is 0 Å². The van der Waals surface area contributed by atoms with Gasteiger partial charge in [-0.25, -0.2) is 0 Å². The quantitative estimate of drug-likeness (QED) is 0.498. The summed E-state index contributed by atoms with van der Waals surface area (Å²) >= 11 is 4.98. The fourth-order valence-electron chi connectivity index (χ4n) is 1.75. The number of ketones is 1. The van der Waals surface area contributed by atoms with E-state index in [9.17, 15) is 4.79 Å². The molecule has 0 aliphatic heterocycles. The molecular formula is C17H17BrO2S. The van der Waals surface area contributed by atoms with Crippen molar-refractivity contribution in [2.45, 2.75) is 18.2 Å². The van der Waals surface area contributed by atoms with Gasteiger partial charge in [-0.2, -0.15) is 0 Å². The Hall–Kier alpha value is -1.26. The molecule has 0 saturated carbocycles. The maximum atomic E-state index is 12.2. The highest BCUT2D eigenvalue weighted by Gasteiger charge is 2.07. The molecule has 2 aromatic rings. The molecule has 4 heteroatoms. The normalized spacial score (nSPS) is 10.4. The molecule has 0 aliphatic rings. The van der Waals surface area contributed by atoms with Gasteiger partial charge in [-0.05, 0) is 48.9 Å². The third-order valence-electron chi connectivity index (χ3n) is 2.82. The highest BCUT2D eigenvalue weighted by Crippen LogP contribution is 2.23. The van der Waals surface area contributed by atoms with Gasteiger partial charge < -0.3 is 4.74 Å². The minimum atomic E-state index is 0.127. The lowest BCUT2D eigenvalue weighted by Crippen LogP contribution is -2.02. The monoisotopic (exact) mass is 364 g/mol. The summed E-state index contributed by atoms with van der Waals surface area (Å²) < 4.78 is 6.54. The Balaban J connectivity index is 1.91. The topological polar surface area (TPSA) is 26.3 Å². The molecule has 0 aliphatic carbocycles. The minimum absolute atomic E-state index is 0.127. The van der Waals surface area contributed by atoms with Crippen LogP contribution in [0.1, 0.15) is 23.7 Å². The molecule has 0 saturated heterocycles. The fourth-order valence-corrected chi connectivity index (χ4v) is 3.15. The van der Waals surface area contributed by atoms with Crippen LogP contribution in [0.25, 0.3) is 0 Å². The first-order valence-electron chi connectivity index (χ1n) is 6.83. The van der Waals surface area contributed by atoms with Gasteiger partial charge in [0.1, 0.15) is 5.75 Å². The summed E-state index contributed by atoms with van der Waals surface area (Å²) in [5.41, 5.74) is 0.723. The van der Waals surface area contributed by atoms with Crippen LogP contribution in [0, 0.1) is 0 Å². The van der Waals surface area contributed by atoms with Crippen molar-refractivity contribution in [3.8, 4) is 5.75 Å². The summed E-state index contributed by atoms with van der Waals surface area (Å²) in [5, 5.41) is 0. The molecule has 2 nitrogen and oxygen atoms in total. The molecular weight excluding hydrogens is 348 g/mol. The SMILES string of the molecule is CCCOc1ccc(C(=O)CSc2cccc(Br)c2)cc1. The van der Waals surface area contributed by atoms with E-state index in [1.165, 1.54) is 0 Å². The second-order valence-corrected chi connectivity index (χ2v) is 6.51. The Labute approximate surface area is 138 Å². The average molecular weight is 365 g/mol. The second-order valence-electron chi connectivity index (χ2n) is 4.54. The first-order valence-corrected chi connectivity index (χ1v) is 8.61. The Kier molecular flexibility index (Phi) is 6.33. The van der Waals surface area contributed by atoms with E-state index in [4.69, 9.17) is 4.74 Å². The first-order chi connectivity index (χ1) is 10.2. The van der Waals surface area contributed by atoms with Gasteiger partial charge in [0, 0.05) is 14.9 Å². The lowest BCUT2D eigenvalue weighted by molar-refractivity contribution is 0.102. The van der Waals surface area contributed by atoms with Crippen molar-refractivity contribution in [3.05, 3.63) is 58.6 Å². The van der Waals surface area contributed by atoms with Crippen molar-refractivity contribution in [1.29, 1.82) is 0 Å². The number of thioether (sulfide) groups is 1. The summed E-state index contributed by atoms with van der Waals surface area (Å²) in [4.78, 5) is 13.2. The zero-order chi connectivity index (χ0) is 15.1. The van der Waals surface area contributed by atoms with Gasteiger partial charge in [0.25, 0.3) is 0 Å². The summed E-state index contributed by atoms with van der Waals surface area (Å²) in [5.74, 6) is 1.38. The molecule has 2 aromatic carbocycles. The number of halogens is 1. The number of ether oxygens (including phenoxy) is 1. The molecule has 0 bridgehead atoms. The van der Waals surface area contributed by atoms with Crippen LogP contribution in [0.3, 0.4) is 0 Å². The van der Waals surface area contributed by atoms with Crippen molar-refractivity contribution < 1.29 is 9.53 Å². The first kappa shape index (κ1) is 16.1. The molecule has 0 aromatic heterocycles. The van der Waals surface area contributed by atoms with Crippen molar-refractivity contribution >= 4 is 33.5 Å². The predicted molar refractivity (Wildman–Crippen MR) is 91.4 cm³/mol. The fraction of sp³-hybridized carbons (Fsp3) is 0.235. The zero-order valence-electron chi connectivity index (χ0n) is 11.8. The summed E-state index contributed by atoms with van der Waals surface area (Å²) in [6.07, 6.45) is 0.976. The Morgan fingerprint density at radius 1 is 1.19 bits per heavy atom. The number of benzene rings is 2. The molecule has 0 heterocycles. The molecule has 0 N–H and O–H groups in total. The van der Waals surface area contributed by atoms with E-state index in [-0.39, 0.29) is 5.78 Å². The number of carbonyl (C=O) groups is 1. The Bertz CT molecular complexity index is 596. The minimum Gasteiger partial charge on any atom is -0.494 e. The predicted octanol–water partition coefficient (Wildman–Crippen LogP) is 5.21. The molecule has 21 heavy (non-hydrogen) atoms. The molecule has 0 unspecified atom stereocenters. The third kappa shape index (κ3) is 5.21. The van der Waals surface area contributed by atoms with Crippen LogP contribution in [-0.4, -0.2) is 18.1 Å². The van der Waals surface area contributed by atoms with Gasteiger partial charge >= 0.3 is 0 Å². The van der Waals surface area contributed by atoms with E-state index >= 15 is 0 Å². The maximum absolute atomic E-state index is 12.2. The van der Waals surface area contributed by atoms with E-state index in [0.29, 0.717) is 12.4 Å². The van der Waals surface area contributed by atoms with Crippen molar-refractivity contribution in [1.82, 2.24) is 0 Å². The van der Waals surface area contributed by atoms with Crippen LogP contribution in [0.5, 0.6) is 5.75 Å². The standard InChI is InChI=1S/C17H17BrO2S/c1-2-10-20-15-8-6-13(7-9-15)17(19)12-21-16-5-3-4-14(18)11-16/h3-9,11H,2,10,12H2,1H3.